The minimum atomic E-state index is -0.479. The van der Waals surface area contributed by atoms with Gasteiger partial charge in [0.2, 0.25) is 0 Å². The number of hydrogen-bond donors (Lipinski definition) is 1. The van der Waals surface area contributed by atoms with E-state index in [1.807, 2.05) is 6.92 Å². The van der Waals surface area contributed by atoms with Crippen LogP contribution in [-0.2, 0) is 0 Å². The number of amides is 1. The van der Waals surface area contributed by atoms with Crippen LogP contribution >= 0.6 is 0 Å². The molecule has 1 aromatic heterocycles. The van der Waals surface area contributed by atoms with Crippen LogP contribution in [0.5, 0.6) is 6.01 Å². The van der Waals surface area contributed by atoms with E-state index in [9.17, 15) is 13.6 Å². The third kappa shape index (κ3) is 4.58. The maximum absolute atomic E-state index is 13.3. The summed E-state index contributed by atoms with van der Waals surface area (Å²) in [5.41, 5.74) is 2.09. The number of aromatic nitrogens is 3. The van der Waals surface area contributed by atoms with Crippen LogP contribution in [0.1, 0.15) is 17.3 Å². The second-order valence-electron chi connectivity index (χ2n) is 6.58. The second kappa shape index (κ2) is 8.74. The zero-order valence-corrected chi connectivity index (χ0v) is 16.5. The van der Waals surface area contributed by atoms with Gasteiger partial charge in [-0.3, -0.25) is 4.79 Å². The summed E-state index contributed by atoms with van der Waals surface area (Å²) in [6, 6.07) is 18.5. The van der Waals surface area contributed by atoms with Crippen molar-refractivity contribution in [2.75, 3.05) is 11.9 Å². The van der Waals surface area contributed by atoms with Crippen molar-refractivity contribution < 1.29 is 18.3 Å². The maximum Gasteiger partial charge on any atom is 0.336 e. The predicted octanol–water partition coefficient (Wildman–Crippen LogP) is 4.86. The molecule has 0 aliphatic rings. The molecular weight excluding hydrogens is 402 g/mol. The van der Waals surface area contributed by atoms with Crippen molar-refractivity contribution in [3.05, 3.63) is 90.0 Å². The number of carbonyl (C=O) groups excluding carboxylic acids is 1. The molecule has 1 N–H and O–H groups in total. The first-order chi connectivity index (χ1) is 15.0. The van der Waals surface area contributed by atoms with Gasteiger partial charge in [0.05, 0.1) is 12.3 Å². The Morgan fingerprint density at radius 3 is 2.42 bits per heavy atom. The number of nitrogens with one attached hydrogen (secondary N) is 1. The van der Waals surface area contributed by atoms with Crippen LogP contribution in [0.15, 0.2) is 72.8 Å². The van der Waals surface area contributed by atoms with Gasteiger partial charge in [-0.2, -0.15) is 4.98 Å². The van der Waals surface area contributed by atoms with Crippen LogP contribution < -0.4 is 10.1 Å². The summed E-state index contributed by atoms with van der Waals surface area (Å²) in [5, 5.41) is 7.10. The maximum atomic E-state index is 13.3. The summed E-state index contributed by atoms with van der Waals surface area (Å²) in [6.45, 7) is 2.23. The van der Waals surface area contributed by atoms with Gasteiger partial charge in [0.25, 0.3) is 5.91 Å². The molecule has 0 saturated heterocycles. The zero-order valence-electron chi connectivity index (χ0n) is 16.5. The Labute approximate surface area is 177 Å². The van der Waals surface area contributed by atoms with Crippen molar-refractivity contribution in [2.24, 2.45) is 0 Å². The molecule has 4 aromatic rings. The van der Waals surface area contributed by atoms with Crippen molar-refractivity contribution >= 4 is 11.6 Å². The van der Waals surface area contributed by atoms with E-state index in [2.05, 4.69) is 15.4 Å². The highest BCUT2D eigenvalue weighted by Gasteiger charge is 2.15. The number of rotatable bonds is 6. The Morgan fingerprint density at radius 2 is 1.74 bits per heavy atom. The van der Waals surface area contributed by atoms with Crippen LogP contribution in [0.2, 0.25) is 0 Å². The van der Waals surface area contributed by atoms with Crippen molar-refractivity contribution in [2.45, 2.75) is 6.92 Å². The van der Waals surface area contributed by atoms with Gasteiger partial charge in [-0.05, 0) is 73.7 Å². The second-order valence-corrected chi connectivity index (χ2v) is 6.58. The topological polar surface area (TPSA) is 69.0 Å². The summed E-state index contributed by atoms with van der Waals surface area (Å²) in [5.74, 6) is -0.760. The molecule has 0 spiro atoms. The van der Waals surface area contributed by atoms with E-state index in [4.69, 9.17) is 4.74 Å². The number of anilines is 1. The fraction of sp³-hybridized carbons (Fsp3) is 0.0870. The smallest absolute Gasteiger partial charge is 0.336 e. The molecule has 3 aromatic carbocycles. The quantitative estimate of drug-likeness (QED) is 0.484. The molecule has 0 aliphatic heterocycles. The van der Waals surface area contributed by atoms with Crippen LogP contribution in [-0.4, -0.2) is 27.3 Å². The SMILES string of the molecule is CCOc1nc(-c2ccc(F)cc2)n(-c2ccc(NC(=O)c3cccc(F)c3)cc2)n1. The first kappa shape index (κ1) is 20.2. The normalized spacial score (nSPS) is 10.7. The lowest BCUT2D eigenvalue weighted by molar-refractivity contribution is 0.102. The number of hydrogen-bond acceptors (Lipinski definition) is 4. The van der Waals surface area contributed by atoms with Crippen LogP contribution in [0.4, 0.5) is 14.5 Å². The largest absolute Gasteiger partial charge is 0.463 e. The average molecular weight is 420 g/mol. The Morgan fingerprint density at radius 1 is 1.00 bits per heavy atom. The minimum absolute atomic E-state index is 0.199. The first-order valence-electron chi connectivity index (χ1n) is 9.56. The van der Waals surface area contributed by atoms with Crippen molar-refractivity contribution in [3.63, 3.8) is 0 Å². The number of carbonyl (C=O) groups is 1. The Bertz CT molecular complexity index is 1210. The molecule has 0 bridgehead atoms. The van der Waals surface area contributed by atoms with Gasteiger partial charge in [-0.15, -0.1) is 5.10 Å². The molecule has 1 amide bonds. The highest BCUT2D eigenvalue weighted by atomic mass is 19.1. The Hall–Kier alpha value is -4.07. The van der Waals surface area contributed by atoms with E-state index >= 15 is 0 Å². The van der Waals surface area contributed by atoms with Gasteiger partial charge in [0.1, 0.15) is 11.6 Å². The molecule has 8 heteroatoms. The van der Waals surface area contributed by atoms with Crippen molar-refractivity contribution in [1.29, 1.82) is 0 Å². The number of nitrogens with zero attached hydrogens (tertiary/aromatic N) is 3. The Kier molecular flexibility index (Phi) is 5.70. The molecule has 0 radical (unpaired) electrons. The molecule has 156 valence electrons. The van der Waals surface area contributed by atoms with Crippen LogP contribution in [0.3, 0.4) is 0 Å². The monoisotopic (exact) mass is 420 g/mol. The number of benzene rings is 3. The van der Waals surface area contributed by atoms with Gasteiger partial charge in [-0.25, -0.2) is 13.5 Å². The Balaban J connectivity index is 1.61. The fourth-order valence-corrected chi connectivity index (χ4v) is 2.97. The van der Waals surface area contributed by atoms with Crippen LogP contribution in [0, 0.1) is 11.6 Å². The molecular formula is C23H18F2N4O2. The van der Waals surface area contributed by atoms with Gasteiger partial charge in [0.15, 0.2) is 5.82 Å². The molecule has 0 unspecified atom stereocenters. The van der Waals surface area contributed by atoms with Gasteiger partial charge in [-0.1, -0.05) is 6.07 Å². The molecule has 0 atom stereocenters. The highest BCUT2D eigenvalue weighted by Crippen LogP contribution is 2.25. The zero-order chi connectivity index (χ0) is 21.8. The first-order valence-corrected chi connectivity index (χ1v) is 9.56. The molecule has 0 aliphatic carbocycles. The van der Waals surface area contributed by atoms with Gasteiger partial charge in [0, 0.05) is 16.8 Å². The highest BCUT2D eigenvalue weighted by molar-refractivity contribution is 6.04. The molecule has 0 saturated carbocycles. The van der Waals surface area contributed by atoms with E-state index in [-0.39, 0.29) is 17.4 Å². The van der Waals surface area contributed by atoms with Crippen molar-refractivity contribution in [1.82, 2.24) is 14.8 Å². The minimum Gasteiger partial charge on any atom is -0.463 e. The summed E-state index contributed by atoms with van der Waals surface area (Å²) in [7, 11) is 0. The lowest BCUT2D eigenvalue weighted by Crippen LogP contribution is -2.12. The standard InChI is InChI=1S/C23H18F2N4O2/c1-2-31-23-27-21(15-6-8-17(24)9-7-15)29(28-23)20-12-10-19(11-13-20)26-22(30)16-4-3-5-18(25)14-16/h3-14H,2H2,1H3,(H,26,30). The molecule has 6 nitrogen and oxygen atoms in total. The molecule has 1 heterocycles. The average Bonchev–Trinajstić information content (AvgIpc) is 3.19. The number of ether oxygens (including phenoxy) is 1. The molecule has 4 rings (SSSR count). The summed E-state index contributed by atoms with van der Waals surface area (Å²) in [6.07, 6.45) is 0. The third-order valence-corrected chi connectivity index (χ3v) is 4.42. The van der Waals surface area contributed by atoms with E-state index < -0.39 is 11.7 Å². The van der Waals surface area contributed by atoms with Gasteiger partial charge < -0.3 is 10.1 Å². The van der Waals surface area contributed by atoms with E-state index in [1.54, 1.807) is 41.1 Å². The van der Waals surface area contributed by atoms with E-state index in [1.165, 1.54) is 36.4 Å². The lowest BCUT2D eigenvalue weighted by atomic mass is 10.2. The predicted molar refractivity (Wildman–Crippen MR) is 112 cm³/mol. The summed E-state index contributed by atoms with van der Waals surface area (Å²) >= 11 is 0. The van der Waals surface area contributed by atoms with E-state index in [0.29, 0.717) is 29.4 Å². The summed E-state index contributed by atoms with van der Waals surface area (Å²) < 4.78 is 33.7. The summed E-state index contributed by atoms with van der Waals surface area (Å²) in [4.78, 5) is 16.7. The lowest BCUT2D eigenvalue weighted by Gasteiger charge is -2.09. The van der Waals surface area contributed by atoms with Crippen LogP contribution in [0.25, 0.3) is 17.1 Å². The number of halogens is 2. The molecule has 0 fully saturated rings. The van der Waals surface area contributed by atoms with Gasteiger partial charge >= 0.3 is 6.01 Å². The fourth-order valence-electron chi connectivity index (χ4n) is 2.97. The van der Waals surface area contributed by atoms with Crippen molar-refractivity contribution in [3.8, 4) is 23.1 Å². The van der Waals surface area contributed by atoms with E-state index in [0.717, 1.165) is 0 Å². The molecule has 31 heavy (non-hydrogen) atoms. The third-order valence-electron chi connectivity index (χ3n) is 4.42.